The molecule has 0 spiro atoms. The van der Waals surface area contributed by atoms with Crippen molar-refractivity contribution in [3.63, 3.8) is 0 Å². The predicted octanol–water partition coefficient (Wildman–Crippen LogP) is 3.59. The molecular formula is C20H23NO5. The minimum absolute atomic E-state index is 0.282. The monoisotopic (exact) mass is 357 g/mol. The Bertz CT molecular complexity index is 788. The Morgan fingerprint density at radius 2 is 1.85 bits per heavy atom. The van der Waals surface area contributed by atoms with Crippen molar-refractivity contribution in [2.24, 2.45) is 0 Å². The van der Waals surface area contributed by atoms with Crippen LogP contribution in [-0.2, 0) is 9.53 Å². The SMILES string of the molecule is CCOc1cc(C(=O)OC(C)C(=O)Nc2ccccc2C)ccc1OC. The van der Waals surface area contributed by atoms with Crippen molar-refractivity contribution < 1.29 is 23.8 Å². The molecule has 0 saturated heterocycles. The number of para-hydroxylation sites is 1. The molecule has 0 fully saturated rings. The van der Waals surface area contributed by atoms with Crippen LogP contribution in [0.25, 0.3) is 0 Å². The Morgan fingerprint density at radius 3 is 2.50 bits per heavy atom. The van der Waals surface area contributed by atoms with Crippen LogP contribution in [0.4, 0.5) is 5.69 Å². The van der Waals surface area contributed by atoms with E-state index in [4.69, 9.17) is 14.2 Å². The first-order valence-electron chi connectivity index (χ1n) is 8.34. The van der Waals surface area contributed by atoms with E-state index in [1.165, 1.54) is 20.1 Å². The second-order valence-corrected chi connectivity index (χ2v) is 5.65. The van der Waals surface area contributed by atoms with Gasteiger partial charge in [-0.2, -0.15) is 0 Å². The first-order valence-corrected chi connectivity index (χ1v) is 8.34. The zero-order valence-electron chi connectivity index (χ0n) is 15.4. The number of ether oxygens (including phenoxy) is 3. The molecule has 138 valence electrons. The third kappa shape index (κ3) is 4.75. The average Bonchev–Trinajstić information content (AvgIpc) is 2.63. The van der Waals surface area contributed by atoms with E-state index in [2.05, 4.69) is 5.32 Å². The number of carbonyl (C=O) groups is 2. The van der Waals surface area contributed by atoms with Gasteiger partial charge in [-0.3, -0.25) is 4.79 Å². The van der Waals surface area contributed by atoms with Crippen molar-refractivity contribution in [1.29, 1.82) is 0 Å². The van der Waals surface area contributed by atoms with Gasteiger partial charge >= 0.3 is 5.97 Å². The van der Waals surface area contributed by atoms with Crippen LogP contribution in [0.3, 0.4) is 0 Å². The molecular weight excluding hydrogens is 334 g/mol. The van der Waals surface area contributed by atoms with E-state index in [0.717, 1.165) is 5.56 Å². The molecule has 1 atom stereocenters. The highest BCUT2D eigenvalue weighted by Gasteiger charge is 2.20. The molecule has 0 aromatic heterocycles. The van der Waals surface area contributed by atoms with Crippen LogP contribution in [0.2, 0.25) is 0 Å². The van der Waals surface area contributed by atoms with E-state index in [1.807, 2.05) is 32.0 Å². The number of benzene rings is 2. The molecule has 6 nitrogen and oxygen atoms in total. The maximum absolute atomic E-state index is 12.3. The summed E-state index contributed by atoms with van der Waals surface area (Å²) in [4.78, 5) is 24.6. The molecule has 1 unspecified atom stereocenters. The fraction of sp³-hybridized carbons (Fsp3) is 0.300. The number of hydrogen-bond acceptors (Lipinski definition) is 5. The zero-order valence-corrected chi connectivity index (χ0v) is 15.4. The van der Waals surface area contributed by atoms with E-state index < -0.39 is 18.0 Å². The van der Waals surface area contributed by atoms with Gasteiger partial charge in [0.25, 0.3) is 5.91 Å². The van der Waals surface area contributed by atoms with E-state index >= 15 is 0 Å². The fourth-order valence-corrected chi connectivity index (χ4v) is 2.30. The van der Waals surface area contributed by atoms with Crippen LogP contribution in [0, 0.1) is 6.92 Å². The number of carbonyl (C=O) groups excluding carboxylic acids is 2. The van der Waals surface area contributed by atoms with Gasteiger partial charge in [-0.05, 0) is 50.6 Å². The highest BCUT2D eigenvalue weighted by atomic mass is 16.5. The molecule has 0 saturated carbocycles. The normalized spacial score (nSPS) is 11.4. The van der Waals surface area contributed by atoms with Gasteiger partial charge in [0.15, 0.2) is 17.6 Å². The molecule has 2 aromatic carbocycles. The number of hydrogen-bond donors (Lipinski definition) is 1. The lowest BCUT2D eigenvalue weighted by Crippen LogP contribution is -2.30. The van der Waals surface area contributed by atoms with Gasteiger partial charge in [-0.25, -0.2) is 4.79 Å². The highest BCUT2D eigenvalue weighted by molar-refractivity contribution is 5.97. The molecule has 1 N–H and O–H groups in total. The van der Waals surface area contributed by atoms with Gasteiger partial charge in [0.05, 0.1) is 19.3 Å². The molecule has 0 aliphatic rings. The topological polar surface area (TPSA) is 73.9 Å². The van der Waals surface area contributed by atoms with Gasteiger partial charge in [0.2, 0.25) is 0 Å². The summed E-state index contributed by atoms with van der Waals surface area (Å²) >= 11 is 0. The van der Waals surface area contributed by atoms with Crippen molar-refractivity contribution >= 4 is 17.6 Å². The van der Waals surface area contributed by atoms with E-state index in [1.54, 1.807) is 18.2 Å². The molecule has 1 amide bonds. The second kappa shape index (κ2) is 8.89. The van der Waals surface area contributed by atoms with Crippen molar-refractivity contribution in [3.8, 4) is 11.5 Å². The molecule has 6 heteroatoms. The van der Waals surface area contributed by atoms with Crippen LogP contribution in [0.5, 0.6) is 11.5 Å². The summed E-state index contributed by atoms with van der Waals surface area (Å²) in [7, 11) is 1.52. The minimum Gasteiger partial charge on any atom is -0.493 e. The standard InChI is InChI=1S/C20H23NO5/c1-5-25-18-12-15(10-11-17(18)24-4)20(23)26-14(3)19(22)21-16-9-7-6-8-13(16)2/h6-12,14H,5H2,1-4H3,(H,21,22). The van der Waals surface area contributed by atoms with Gasteiger partial charge in [-0.15, -0.1) is 0 Å². The molecule has 0 bridgehead atoms. The number of methoxy groups -OCH3 is 1. The van der Waals surface area contributed by atoms with E-state index in [0.29, 0.717) is 23.8 Å². The minimum atomic E-state index is -0.945. The van der Waals surface area contributed by atoms with Crippen molar-refractivity contribution in [2.45, 2.75) is 26.9 Å². The number of nitrogens with one attached hydrogen (secondary N) is 1. The Labute approximate surface area is 153 Å². The summed E-state index contributed by atoms with van der Waals surface area (Å²) in [6, 6.07) is 12.1. The van der Waals surface area contributed by atoms with Crippen molar-refractivity contribution in [2.75, 3.05) is 19.0 Å². The number of esters is 1. The molecule has 2 aromatic rings. The summed E-state index contributed by atoms with van der Waals surface area (Å²) in [5.74, 6) is -0.0394. The van der Waals surface area contributed by atoms with Gasteiger partial charge in [0, 0.05) is 5.69 Å². The number of aryl methyl sites for hydroxylation is 1. The van der Waals surface area contributed by atoms with E-state index in [-0.39, 0.29) is 5.56 Å². The van der Waals surface area contributed by atoms with Crippen LogP contribution < -0.4 is 14.8 Å². The second-order valence-electron chi connectivity index (χ2n) is 5.65. The van der Waals surface area contributed by atoms with Gasteiger partial charge in [-0.1, -0.05) is 18.2 Å². The molecule has 0 radical (unpaired) electrons. The summed E-state index contributed by atoms with van der Waals surface area (Å²) in [5, 5.41) is 2.76. The Hall–Kier alpha value is -3.02. The predicted molar refractivity (Wildman–Crippen MR) is 98.8 cm³/mol. The summed E-state index contributed by atoms with van der Waals surface area (Å²) < 4.78 is 15.9. The Kier molecular flexibility index (Phi) is 6.60. The number of amides is 1. The lowest BCUT2D eigenvalue weighted by Gasteiger charge is -2.15. The third-order valence-corrected chi connectivity index (χ3v) is 3.76. The lowest BCUT2D eigenvalue weighted by atomic mass is 10.2. The molecule has 0 aliphatic heterocycles. The first kappa shape index (κ1) is 19.3. The molecule has 2 rings (SSSR count). The van der Waals surface area contributed by atoms with Crippen molar-refractivity contribution in [1.82, 2.24) is 0 Å². The Morgan fingerprint density at radius 1 is 1.12 bits per heavy atom. The number of anilines is 1. The molecule has 26 heavy (non-hydrogen) atoms. The fourth-order valence-electron chi connectivity index (χ4n) is 2.30. The average molecular weight is 357 g/mol. The van der Waals surface area contributed by atoms with E-state index in [9.17, 15) is 9.59 Å². The largest absolute Gasteiger partial charge is 0.493 e. The third-order valence-electron chi connectivity index (χ3n) is 3.76. The summed E-state index contributed by atoms with van der Waals surface area (Å²) in [6.07, 6.45) is -0.945. The summed E-state index contributed by atoms with van der Waals surface area (Å²) in [5.41, 5.74) is 1.89. The van der Waals surface area contributed by atoms with Gasteiger partial charge < -0.3 is 19.5 Å². The van der Waals surface area contributed by atoms with Crippen molar-refractivity contribution in [3.05, 3.63) is 53.6 Å². The quantitative estimate of drug-likeness (QED) is 0.767. The smallest absolute Gasteiger partial charge is 0.339 e. The number of rotatable bonds is 7. The van der Waals surface area contributed by atoms with Crippen LogP contribution in [0.1, 0.15) is 29.8 Å². The zero-order chi connectivity index (χ0) is 19.1. The van der Waals surface area contributed by atoms with Gasteiger partial charge in [0.1, 0.15) is 0 Å². The molecule has 0 aliphatic carbocycles. The Balaban J connectivity index is 2.05. The lowest BCUT2D eigenvalue weighted by molar-refractivity contribution is -0.123. The maximum Gasteiger partial charge on any atom is 0.339 e. The first-order chi connectivity index (χ1) is 12.5. The highest BCUT2D eigenvalue weighted by Crippen LogP contribution is 2.28. The summed E-state index contributed by atoms with van der Waals surface area (Å²) in [6.45, 7) is 5.68. The van der Waals surface area contributed by atoms with Crippen LogP contribution in [0.15, 0.2) is 42.5 Å². The maximum atomic E-state index is 12.3. The molecule has 0 heterocycles. The van der Waals surface area contributed by atoms with Crippen LogP contribution in [-0.4, -0.2) is 31.7 Å². The van der Waals surface area contributed by atoms with Crippen LogP contribution >= 0.6 is 0 Å².